The number of hydrogen-bond donors (Lipinski definition) is 2. The van der Waals surface area contributed by atoms with Gasteiger partial charge in [-0.1, -0.05) is 0 Å². The number of carboxylic acid groups (broad SMARTS) is 1. The van der Waals surface area contributed by atoms with Gasteiger partial charge in [-0.3, -0.25) is 0 Å². The lowest BCUT2D eigenvalue weighted by Crippen LogP contribution is -2.40. The minimum atomic E-state index is -1.06. The molecule has 2 N–H and O–H groups in total. The molecule has 1 fully saturated rings. The molecule has 0 radical (unpaired) electrons. The Balaban J connectivity index is 1.76. The Morgan fingerprint density at radius 1 is 1.52 bits per heavy atom. The Bertz CT molecular complexity index is 499. The van der Waals surface area contributed by atoms with Crippen molar-refractivity contribution in [1.82, 2.24) is 15.2 Å². The lowest BCUT2D eigenvalue weighted by molar-refractivity contribution is 0.0586. The van der Waals surface area contributed by atoms with Gasteiger partial charge in [-0.2, -0.15) is 0 Å². The molecule has 0 aromatic carbocycles. The first-order chi connectivity index (χ1) is 10.1. The molecule has 1 aromatic heterocycles. The van der Waals surface area contributed by atoms with Crippen molar-refractivity contribution >= 4 is 23.3 Å². The number of amides is 2. The molecule has 2 amide bonds. The van der Waals surface area contributed by atoms with E-state index in [-0.39, 0.29) is 18.3 Å². The number of aromatic carboxylic acids is 1. The van der Waals surface area contributed by atoms with Crippen molar-refractivity contribution in [2.75, 3.05) is 26.8 Å². The number of urea groups is 1. The maximum Gasteiger partial charge on any atom is 0.355 e. The molecule has 0 saturated carbocycles. The average Bonchev–Trinajstić information content (AvgIpc) is 2.95. The van der Waals surface area contributed by atoms with E-state index in [0.717, 1.165) is 26.1 Å². The van der Waals surface area contributed by atoms with Gasteiger partial charge >= 0.3 is 12.0 Å². The molecule has 1 aliphatic heterocycles. The van der Waals surface area contributed by atoms with Gasteiger partial charge < -0.3 is 20.1 Å². The summed E-state index contributed by atoms with van der Waals surface area (Å²) in [5.74, 6) is -0.576. The largest absolute Gasteiger partial charge is 0.476 e. The zero-order valence-electron chi connectivity index (χ0n) is 11.9. The maximum atomic E-state index is 12.0. The number of carbonyl (C=O) groups excluding carboxylic acids is 1. The number of hydrogen-bond acceptors (Lipinski definition) is 5. The number of carbonyl (C=O) groups is 2. The first-order valence-corrected chi connectivity index (χ1v) is 7.68. The van der Waals surface area contributed by atoms with Crippen LogP contribution in [0.3, 0.4) is 0 Å². The summed E-state index contributed by atoms with van der Waals surface area (Å²) in [4.78, 5) is 28.3. The van der Waals surface area contributed by atoms with Crippen LogP contribution in [0.15, 0.2) is 5.38 Å². The van der Waals surface area contributed by atoms with Gasteiger partial charge in [-0.15, -0.1) is 11.3 Å². The maximum absolute atomic E-state index is 12.0. The predicted molar refractivity (Wildman–Crippen MR) is 77.5 cm³/mol. The molecule has 21 heavy (non-hydrogen) atoms. The van der Waals surface area contributed by atoms with Crippen LogP contribution < -0.4 is 5.32 Å². The van der Waals surface area contributed by atoms with Crippen LogP contribution in [-0.2, 0) is 11.3 Å². The Labute approximate surface area is 126 Å². The number of thiazole rings is 1. The Kier molecular flexibility index (Phi) is 5.51. The van der Waals surface area contributed by atoms with E-state index in [9.17, 15) is 9.59 Å². The lowest BCUT2D eigenvalue weighted by Gasteiger charge is -2.27. The van der Waals surface area contributed by atoms with Gasteiger partial charge in [0.05, 0.1) is 6.54 Å². The Hall–Kier alpha value is -1.67. The van der Waals surface area contributed by atoms with Crippen LogP contribution in [0, 0.1) is 5.92 Å². The molecule has 0 atom stereocenters. The van der Waals surface area contributed by atoms with Crippen molar-refractivity contribution in [1.29, 1.82) is 0 Å². The van der Waals surface area contributed by atoms with Crippen molar-refractivity contribution < 1.29 is 19.4 Å². The van der Waals surface area contributed by atoms with E-state index in [1.165, 1.54) is 16.7 Å². The first kappa shape index (κ1) is 15.7. The monoisotopic (exact) mass is 313 g/mol. The number of ether oxygens (including phenoxy) is 1. The topological polar surface area (TPSA) is 91.8 Å². The molecule has 7 nitrogen and oxygen atoms in total. The summed E-state index contributed by atoms with van der Waals surface area (Å²) in [5, 5.41) is 13.6. The fourth-order valence-corrected chi connectivity index (χ4v) is 2.88. The van der Waals surface area contributed by atoms with E-state index >= 15 is 0 Å². The van der Waals surface area contributed by atoms with Crippen LogP contribution in [0.1, 0.15) is 28.3 Å². The summed E-state index contributed by atoms with van der Waals surface area (Å²) in [7, 11) is 1.76. The minimum absolute atomic E-state index is 0.0137. The standard InChI is InChI=1S/C13H19N3O4S/c1-16(7-9-2-4-20-5-3-9)13(19)14-6-11-15-10(8-21-11)12(17)18/h8-9H,2-7H2,1H3,(H,14,19)(H,17,18). The number of aromatic nitrogens is 1. The molecule has 1 aliphatic rings. The number of nitrogens with zero attached hydrogens (tertiary/aromatic N) is 2. The summed E-state index contributed by atoms with van der Waals surface area (Å²) in [6.45, 7) is 2.47. The predicted octanol–water partition coefficient (Wildman–Crippen LogP) is 1.41. The average molecular weight is 313 g/mol. The van der Waals surface area contributed by atoms with Crippen LogP contribution >= 0.6 is 11.3 Å². The fraction of sp³-hybridized carbons (Fsp3) is 0.615. The van der Waals surface area contributed by atoms with E-state index in [4.69, 9.17) is 9.84 Å². The van der Waals surface area contributed by atoms with Gasteiger partial charge in [0.25, 0.3) is 0 Å². The minimum Gasteiger partial charge on any atom is -0.476 e. The van der Waals surface area contributed by atoms with Crippen LogP contribution in [0.2, 0.25) is 0 Å². The second kappa shape index (κ2) is 7.37. The zero-order chi connectivity index (χ0) is 15.2. The quantitative estimate of drug-likeness (QED) is 0.857. The van der Waals surface area contributed by atoms with Crippen molar-refractivity contribution in [3.8, 4) is 0 Å². The summed E-state index contributed by atoms with van der Waals surface area (Å²) < 4.78 is 5.29. The summed E-state index contributed by atoms with van der Waals surface area (Å²) >= 11 is 1.23. The van der Waals surface area contributed by atoms with Crippen molar-refractivity contribution in [3.63, 3.8) is 0 Å². The molecular formula is C13H19N3O4S. The Morgan fingerprint density at radius 3 is 2.86 bits per heavy atom. The van der Waals surface area contributed by atoms with Gasteiger partial charge in [-0.05, 0) is 18.8 Å². The zero-order valence-corrected chi connectivity index (χ0v) is 12.7. The second-order valence-electron chi connectivity index (χ2n) is 5.03. The van der Waals surface area contributed by atoms with E-state index < -0.39 is 5.97 Å². The van der Waals surface area contributed by atoms with Gasteiger partial charge in [0.2, 0.25) is 0 Å². The van der Waals surface area contributed by atoms with Crippen molar-refractivity contribution in [2.45, 2.75) is 19.4 Å². The van der Waals surface area contributed by atoms with Crippen molar-refractivity contribution in [2.24, 2.45) is 5.92 Å². The number of nitrogens with one attached hydrogen (secondary N) is 1. The van der Waals surface area contributed by atoms with Crippen molar-refractivity contribution in [3.05, 3.63) is 16.1 Å². The molecule has 0 bridgehead atoms. The smallest absolute Gasteiger partial charge is 0.355 e. The first-order valence-electron chi connectivity index (χ1n) is 6.80. The van der Waals surface area contributed by atoms with Crippen LogP contribution in [0.4, 0.5) is 4.79 Å². The SMILES string of the molecule is CN(CC1CCOCC1)C(=O)NCc1nc(C(=O)O)cs1. The Morgan fingerprint density at radius 2 is 2.24 bits per heavy atom. The molecule has 0 spiro atoms. The van der Waals surface area contributed by atoms with Gasteiger partial charge in [0, 0.05) is 32.2 Å². The third kappa shape index (κ3) is 4.68. The summed E-state index contributed by atoms with van der Waals surface area (Å²) in [6.07, 6.45) is 1.96. The molecule has 1 aromatic rings. The van der Waals surface area contributed by atoms with E-state index in [1.807, 2.05) is 0 Å². The third-order valence-corrected chi connectivity index (χ3v) is 4.23. The highest BCUT2D eigenvalue weighted by Crippen LogP contribution is 2.15. The van der Waals surface area contributed by atoms with E-state index in [2.05, 4.69) is 10.3 Å². The fourth-order valence-electron chi connectivity index (χ4n) is 2.18. The second-order valence-corrected chi connectivity index (χ2v) is 5.97. The third-order valence-electron chi connectivity index (χ3n) is 3.38. The summed E-state index contributed by atoms with van der Waals surface area (Å²) in [6, 6.07) is -0.173. The molecule has 8 heteroatoms. The van der Waals surface area contributed by atoms with Crippen LogP contribution in [-0.4, -0.2) is 53.8 Å². The molecule has 0 unspecified atom stereocenters. The molecule has 0 aliphatic carbocycles. The normalized spacial score (nSPS) is 15.7. The van der Waals surface area contributed by atoms with Crippen LogP contribution in [0.25, 0.3) is 0 Å². The number of rotatable bonds is 5. The highest BCUT2D eigenvalue weighted by molar-refractivity contribution is 7.09. The summed E-state index contributed by atoms with van der Waals surface area (Å²) in [5.41, 5.74) is 0.0137. The highest BCUT2D eigenvalue weighted by atomic mass is 32.1. The number of carboxylic acids is 1. The van der Waals surface area contributed by atoms with Gasteiger partial charge in [0.1, 0.15) is 5.01 Å². The highest BCUT2D eigenvalue weighted by Gasteiger charge is 2.18. The van der Waals surface area contributed by atoms with E-state index in [1.54, 1.807) is 11.9 Å². The van der Waals surface area contributed by atoms with E-state index in [0.29, 0.717) is 17.5 Å². The van der Waals surface area contributed by atoms with Gasteiger partial charge in [0.15, 0.2) is 5.69 Å². The molecular weight excluding hydrogens is 294 g/mol. The molecule has 2 heterocycles. The van der Waals surface area contributed by atoms with Crippen LogP contribution in [0.5, 0.6) is 0 Å². The lowest BCUT2D eigenvalue weighted by atomic mass is 10.0. The molecule has 2 rings (SSSR count). The molecule has 1 saturated heterocycles. The van der Waals surface area contributed by atoms with Gasteiger partial charge in [-0.25, -0.2) is 14.6 Å². The molecule has 116 valence electrons.